The molecule has 0 saturated heterocycles. The van der Waals surface area contributed by atoms with Crippen molar-refractivity contribution in [2.45, 2.75) is 0 Å². The summed E-state index contributed by atoms with van der Waals surface area (Å²) >= 11 is 0. The van der Waals surface area contributed by atoms with Crippen LogP contribution < -0.4 is 0 Å². The maximum absolute atomic E-state index is 10.6. The van der Waals surface area contributed by atoms with Gasteiger partial charge in [-0.3, -0.25) is 0 Å². The second-order valence-electron chi connectivity index (χ2n) is 2.78. The van der Waals surface area contributed by atoms with Crippen LogP contribution in [0.15, 0.2) is 28.7 Å². The number of hydrogen-bond donors (Lipinski definition) is 1. The predicted molar refractivity (Wildman–Crippen MR) is 47.9 cm³/mol. The van der Waals surface area contributed by atoms with Gasteiger partial charge in [0.2, 0.25) is 5.76 Å². The highest BCUT2D eigenvalue weighted by molar-refractivity contribution is 5.93. The lowest BCUT2D eigenvalue weighted by Crippen LogP contribution is -1.94. The van der Waals surface area contributed by atoms with Crippen molar-refractivity contribution in [1.29, 1.82) is 5.26 Å². The van der Waals surface area contributed by atoms with Crippen molar-refractivity contribution >= 4 is 16.9 Å². The lowest BCUT2D eigenvalue weighted by atomic mass is 10.1. The SMILES string of the molecule is N#Cc1cc2cc(C(=O)O)ccc2o1. The molecule has 0 aliphatic rings. The maximum Gasteiger partial charge on any atom is 0.335 e. The molecule has 0 atom stereocenters. The highest BCUT2D eigenvalue weighted by atomic mass is 16.4. The molecule has 14 heavy (non-hydrogen) atoms. The van der Waals surface area contributed by atoms with E-state index in [0.29, 0.717) is 11.0 Å². The average molecular weight is 187 g/mol. The molecule has 1 N–H and O–H groups in total. The number of carbonyl (C=O) groups is 1. The van der Waals surface area contributed by atoms with Gasteiger partial charge in [-0.1, -0.05) is 0 Å². The Kier molecular flexibility index (Phi) is 1.72. The Morgan fingerprint density at radius 2 is 2.21 bits per heavy atom. The third-order valence-corrected chi connectivity index (χ3v) is 1.87. The van der Waals surface area contributed by atoms with Gasteiger partial charge in [0.1, 0.15) is 11.7 Å². The van der Waals surface area contributed by atoms with Gasteiger partial charge in [-0.2, -0.15) is 5.26 Å². The van der Waals surface area contributed by atoms with Crippen LogP contribution in [0, 0.1) is 11.3 Å². The Hall–Kier alpha value is -2.28. The summed E-state index contributed by atoms with van der Waals surface area (Å²) in [5.74, 6) is -0.811. The third kappa shape index (κ3) is 1.21. The van der Waals surface area contributed by atoms with E-state index < -0.39 is 5.97 Å². The van der Waals surface area contributed by atoms with Crippen LogP contribution in [-0.4, -0.2) is 11.1 Å². The number of carboxylic acids is 1. The average Bonchev–Trinajstić information content (AvgIpc) is 2.58. The molecule has 0 fully saturated rings. The van der Waals surface area contributed by atoms with Crippen LogP contribution in [-0.2, 0) is 0 Å². The summed E-state index contributed by atoms with van der Waals surface area (Å²) in [4.78, 5) is 10.6. The van der Waals surface area contributed by atoms with Gasteiger partial charge in [0.05, 0.1) is 5.56 Å². The predicted octanol–water partition coefficient (Wildman–Crippen LogP) is 2.00. The number of nitriles is 1. The van der Waals surface area contributed by atoms with E-state index in [1.54, 1.807) is 6.07 Å². The first-order chi connectivity index (χ1) is 6.70. The normalized spacial score (nSPS) is 9.93. The lowest BCUT2D eigenvalue weighted by Gasteiger charge is -1.92. The minimum Gasteiger partial charge on any atom is -0.478 e. The molecule has 1 aromatic carbocycles. The van der Waals surface area contributed by atoms with E-state index >= 15 is 0 Å². The van der Waals surface area contributed by atoms with Gasteiger partial charge in [0.15, 0.2) is 0 Å². The van der Waals surface area contributed by atoms with Crippen LogP contribution in [0.3, 0.4) is 0 Å². The summed E-state index contributed by atoms with van der Waals surface area (Å²) in [5, 5.41) is 17.9. The fourth-order valence-electron chi connectivity index (χ4n) is 1.23. The fourth-order valence-corrected chi connectivity index (χ4v) is 1.23. The van der Waals surface area contributed by atoms with Crippen LogP contribution in [0.25, 0.3) is 11.0 Å². The summed E-state index contributed by atoms with van der Waals surface area (Å²) in [7, 11) is 0. The number of carboxylic acid groups (broad SMARTS) is 1. The summed E-state index contributed by atoms with van der Waals surface area (Å²) < 4.78 is 5.10. The standard InChI is InChI=1S/C10H5NO3/c11-5-8-4-7-3-6(10(12)13)1-2-9(7)14-8/h1-4H,(H,12,13). The van der Waals surface area contributed by atoms with Crippen LogP contribution in [0.2, 0.25) is 0 Å². The van der Waals surface area contributed by atoms with Gasteiger partial charge in [-0.05, 0) is 18.2 Å². The van der Waals surface area contributed by atoms with Crippen LogP contribution in [0.1, 0.15) is 16.1 Å². The zero-order valence-electron chi connectivity index (χ0n) is 7.02. The highest BCUT2D eigenvalue weighted by Gasteiger charge is 2.07. The van der Waals surface area contributed by atoms with Crippen molar-refractivity contribution in [2.24, 2.45) is 0 Å². The smallest absolute Gasteiger partial charge is 0.335 e. The van der Waals surface area contributed by atoms with Gasteiger partial charge < -0.3 is 9.52 Å². The van der Waals surface area contributed by atoms with E-state index in [-0.39, 0.29) is 11.3 Å². The van der Waals surface area contributed by atoms with E-state index in [0.717, 1.165) is 0 Å². The van der Waals surface area contributed by atoms with Crippen molar-refractivity contribution < 1.29 is 14.3 Å². The van der Waals surface area contributed by atoms with Crippen LogP contribution in [0.4, 0.5) is 0 Å². The molecule has 0 spiro atoms. The number of furan rings is 1. The molecule has 0 amide bonds. The highest BCUT2D eigenvalue weighted by Crippen LogP contribution is 2.20. The zero-order valence-corrected chi connectivity index (χ0v) is 7.02. The van der Waals surface area contributed by atoms with E-state index in [1.165, 1.54) is 18.2 Å². The van der Waals surface area contributed by atoms with Crippen molar-refractivity contribution in [1.82, 2.24) is 0 Å². The van der Waals surface area contributed by atoms with Crippen molar-refractivity contribution in [3.8, 4) is 6.07 Å². The molecule has 2 aromatic rings. The molecule has 0 unspecified atom stereocenters. The lowest BCUT2D eigenvalue weighted by molar-refractivity contribution is 0.0697. The van der Waals surface area contributed by atoms with Crippen molar-refractivity contribution in [3.05, 3.63) is 35.6 Å². The molecule has 0 bridgehead atoms. The van der Waals surface area contributed by atoms with Gasteiger partial charge in [0.25, 0.3) is 0 Å². The molecule has 1 heterocycles. The fraction of sp³-hybridized carbons (Fsp3) is 0. The van der Waals surface area contributed by atoms with Crippen LogP contribution >= 0.6 is 0 Å². The van der Waals surface area contributed by atoms with Gasteiger partial charge in [-0.15, -0.1) is 0 Å². The quantitative estimate of drug-likeness (QED) is 0.740. The zero-order chi connectivity index (χ0) is 10.1. The first-order valence-electron chi connectivity index (χ1n) is 3.87. The van der Waals surface area contributed by atoms with Gasteiger partial charge in [0, 0.05) is 11.5 Å². The minimum atomic E-state index is -0.994. The summed E-state index contributed by atoms with van der Waals surface area (Å²) in [6.45, 7) is 0. The van der Waals surface area contributed by atoms with Crippen molar-refractivity contribution in [3.63, 3.8) is 0 Å². The minimum absolute atomic E-state index is 0.183. The topological polar surface area (TPSA) is 74.2 Å². The van der Waals surface area contributed by atoms with Crippen molar-refractivity contribution in [2.75, 3.05) is 0 Å². The monoisotopic (exact) mass is 187 g/mol. The Balaban J connectivity index is 2.66. The van der Waals surface area contributed by atoms with E-state index in [4.69, 9.17) is 14.8 Å². The molecule has 0 radical (unpaired) electrons. The number of nitrogens with zero attached hydrogens (tertiary/aromatic N) is 1. The van der Waals surface area contributed by atoms with E-state index in [9.17, 15) is 4.79 Å². The second kappa shape index (κ2) is 2.89. The third-order valence-electron chi connectivity index (χ3n) is 1.87. The summed E-state index contributed by atoms with van der Waals surface area (Å²) in [6.07, 6.45) is 0. The number of hydrogen-bond acceptors (Lipinski definition) is 3. The second-order valence-corrected chi connectivity index (χ2v) is 2.78. The number of aromatic carboxylic acids is 1. The molecule has 1 aromatic heterocycles. The number of fused-ring (bicyclic) bond motifs is 1. The molecule has 4 nitrogen and oxygen atoms in total. The first-order valence-corrected chi connectivity index (χ1v) is 3.87. The molecular formula is C10H5NO3. The Bertz CT molecular complexity index is 548. The van der Waals surface area contributed by atoms with Gasteiger partial charge >= 0.3 is 5.97 Å². The summed E-state index contributed by atoms with van der Waals surface area (Å²) in [6, 6.07) is 7.82. The molecule has 0 aliphatic heterocycles. The summed E-state index contributed by atoms with van der Waals surface area (Å²) in [5.41, 5.74) is 0.703. The molecule has 0 saturated carbocycles. The molecule has 2 rings (SSSR count). The number of rotatable bonds is 1. The Labute approximate surface area is 79.0 Å². The van der Waals surface area contributed by atoms with E-state index in [2.05, 4.69) is 0 Å². The molecule has 4 heteroatoms. The molecule has 0 aliphatic carbocycles. The largest absolute Gasteiger partial charge is 0.478 e. The van der Waals surface area contributed by atoms with Crippen LogP contribution in [0.5, 0.6) is 0 Å². The first kappa shape index (κ1) is 8.32. The number of benzene rings is 1. The maximum atomic E-state index is 10.6. The molecular weight excluding hydrogens is 182 g/mol. The molecule has 68 valence electrons. The van der Waals surface area contributed by atoms with Gasteiger partial charge in [-0.25, -0.2) is 4.79 Å². The van der Waals surface area contributed by atoms with E-state index in [1.807, 2.05) is 6.07 Å². The Morgan fingerprint density at radius 1 is 1.43 bits per heavy atom. The Morgan fingerprint density at radius 3 is 2.86 bits per heavy atom.